The van der Waals surface area contributed by atoms with Gasteiger partial charge < -0.3 is 19.5 Å². The molecule has 4 rings (SSSR count). The van der Waals surface area contributed by atoms with Crippen LogP contribution < -0.4 is 14.8 Å². The third kappa shape index (κ3) is 5.51. The first-order valence-electron chi connectivity index (χ1n) is 11.0. The Bertz CT molecular complexity index is 1200. The highest BCUT2D eigenvalue weighted by atomic mass is 16.5. The van der Waals surface area contributed by atoms with Crippen LogP contribution in [0.1, 0.15) is 24.0 Å². The van der Waals surface area contributed by atoms with Gasteiger partial charge in [-0.1, -0.05) is 48.5 Å². The fourth-order valence-corrected chi connectivity index (χ4v) is 3.89. The zero-order chi connectivity index (χ0) is 23.0. The number of hydrogen-bond donors (Lipinski definition) is 1. The summed E-state index contributed by atoms with van der Waals surface area (Å²) >= 11 is 0. The van der Waals surface area contributed by atoms with Crippen LogP contribution in [-0.2, 0) is 16.1 Å². The summed E-state index contributed by atoms with van der Waals surface area (Å²) in [4.78, 5) is 12.4. The molecule has 6 heteroatoms. The Morgan fingerprint density at radius 2 is 2.03 bits per heavy atom. The number of nitrogens with zero attached hydrogens (tertiary/aromatic N) is 1. The number of amides is 1. The van der Waals surface area contributed by atoms with Crippen molar-refractivity contribution >= 4 is 22.8 Å². The molecule has 1 fully saturated rings. The average Bonchev–Trinajstić information content (AvgIpc) is 3.38. The predicted molar refractivity (Wildman–Crippen MR) is 127 cm³/mol. The molecule has 3 aromatic carbocycles. The number of rotatable bonds is 8. The second-order valence-corrected chi connectivity index (χ2v) is 7.85. The standard InChI is InChI=1S/C27H26N2O4/c1-31-26-15-19(14-22(16-28)27(30)29-17-23-9-5-13-32-23)11-12-25(26)33-18-21-8-4-7-20-6-2-3-10-24(20)21/h2-4,6-8,10-12,14-15,23H,5,9,13,17-18H2,1H3,(H,29,30)/b22-14+/t23-/m1/s1. The Morgan fingerprint density at radius 1 is 1.18 bits per heavy atom. The monoisotopic (exact) mass is 442 g/mol. The number of nitrogens with one attached hydrogen (secondary N) is 1. The number of fused-ring (bicyclic) bond motifs is 1. The molecule has 1 N–H and O–H groups in total. The van der Waals surface area contributed by atoms with Crippen molar-refractivity contribution in [2.45, 2.75) is 25.6 Å². The molecule has 33 heavy (non-hydrogen) atoms. The molecule has 0 aliphatic carbocycles. The van der Waals surface area contributed by atoms with Crippen molar-refractivity contribution in [3.05, 3.63) is 77.4 Å². The van der Waals surface area contributed by atoms with Gasteiger partial charge in [0.05, 0.1) is 13.2 Å². The summed E-state index contributed by atoms with van der Waals surface area (Å²) in [7, 11) is 1.56. The third-order valence-electron chi connectivity index (χ3n) is 5.64. The van der Waals surface area contributed by atoms with Crippen LogP contribution >= 0.6 is 0 Å². The molecule has 1 atom stereocenters. The lowest BCUT2D eigenvalue weighted by Crippen LogP contribution is -2.32. The van der Waals surface area contributed by atoms with Gasteiger partial charge in [-0.25, -0.2) is 0 Å². The van der Waals surface area contributed by atoms with Gasteiger partial charge >= 0.3 is 0 Å². The molecule has 0 unspecified atom stereocenters. The molecule has 1 heterocycles. The van der Waals surface area contributed by atoms with Crippen molar-refractivity contribution in [1.29, 1.82) is 5.26 Å². The van der Waals surface area contributed by atoms with E-state index < -0.39 is 5.91 Å². The van der Waals surface area contributed by atoms with Crippen LogP contribution in [0.3, 0.4) is 0 Å². The molecule has 1 amide bonds. The Hall–Kier alpha value is -3.82. The topological polar surface area (TPSA) is 80.6 Å². The van der Waals surface area contributed by atoms with E-state index in [1.165, 1.54) is 0 Å². The van der Waals surface area contributed by atoms with E-state index >= 15 is 0 Å². The fraction of sp³-hybridized carbons (Fsp3) is 0.259. The number of carbonyl (C=O) groups excluding carboxylic acids is 1. The first-order chi connectivity index (χ1) is 16.2. The van der Waals surface area contributed by atoms with Crippen molar-refractivity contribution < 1.29 is 19.0 Å². The van der Waals surface area contributed by atoms with E-state index in [4.69, 9.17) is 14.2 Å². The van der Waals surface area contributed by atoms with Crippen LogP contribution in [0.15, 0.2) is 66.2 Å². The van der Waals surface area contributed by atoms with Gasteiger partial charge in [-0.15, -0.1) is 0 Å². The summed E-state index contributed by atoms with van der Waals surface area (Å²) in [5.74, 6) is 0.702. The molecule has 6 nitrogen and oxygen atoms in total. The minimum absolute atomic E-state index is 0.0205. The zero-order valence-electron chi connectivity index (χ0n) is 18.5. The van der Waals surface area contributed by atoms with Crippen molar-refractivity contribution in [3.8, 4) is 17.6 Å². The molecule has 1 aliphatic rings. The Morgan fingerprint density at radius 3 is 2.82 bits per heavy atom. The van der Waals surface area contributed by atoms with E-state index in [9.17, 15) is 10.1 Å². The highest BCUT2D eigenvalue weighted by Crippen LogP contribution is 2.30. The number of nitriles is 1. The molecule has 0 bridgehead atoms. The maximum Gasteiger partial charge on any atom is 0.262 e. The predicted octanol–water partition coefficient (Wildman–Crippen LogP) is 4.63. The Balaban J connectivity index is 1.46. The van der Waals surface area contributed by atoms with Gasteiger partial charge in [-0.3, -0.25) is 4.79 Å². The maximum atomic E-state index is 12.4. The lowest BCUT2D eigenvalue weighted by atomic mass is 10.1. The lowest BCUT2D eigenvalue weighted by Gasteiger charge is -2.13. The van der Waals surface area contributed by atoms with E-state index in [-0.39, 0.29) is 11.7 Å². The third-order valence-corrected chi connectivity index (χ3v) is 5.64. The summed E-state index contributed by atoms with van der Waals surface area (Å²) in [6, 6.07) is 21.6. The van der Waals surface area contributed by atoms with Crippen LogP contribution in [0, 0.1) is 11.3 Å². The Kier molecular flexibility index (Phi) is 7.23. The smallest absolute Gasteiger partial charge is 0.262 e. The van der Waals surface area contributed by atoms with Gasteiger partial charge in [0.15, 0.2) is 11.5 Å². The van der Waals surface area contributed by atoms with Crippen LogP contribution in [0.2, 0.25) is 0 Å². The minimum atomic E-state index is -0.414. The molecular weight excluding hydrogens is 416 g/mol. The van der Waals surface area contributed by atoms with Gasteiger partial charge in [0.2, 0.25) is 0 Å². The quantitative estimate of drug-likeness (QED) is 0.406. The minimum Gasteiger partial charge on any atom is -0.493 e. The van der Waals surface area contributed by atoms with Gasteiger partial charge in [0.25, 0.3) is 5.91 Å². The van der Waals surface area contributed by atoms with E-state index in [1.54, 1.807) is 31.4 Å². The molecule has 1 aliphatic heterocycles. The maximum absolute atomic E-state index is 12.4. The lowest BCUT2D eigenvalue weighted by molar-refractivity contribution is -0.117. The zero-order valence-corrected chi connectivity index (χ0v) is 18.5. The number of ether oxygens (including phenoxy) is 3. The molecule has 1 saturated heterocycles. The fourth-order valence-electron chi connectivity index (χ4n) is 3.89. The van der Waals surface area contributed by atoms with Gasteiger partial charge in [-0.05, 0) is 52.9 Å². The molecule has 3 aromatic rings. The van der Waals surface area contributed by atoms with E-state index in [0.717, 1.165) is 35.8 Å². The van der Waals surface area contributed by atoms with E-state index in [0.29, 0.717) is 30.2 Å². The molecular formula is C27H26N2O4. The molecule has 0 aromatic heterocycles. The van der Waals surface area contributed by atoms with Crippen LogP contribution in [0.5, 0.6) is 11.5 Å². The van der Waals surface area contributed by atoms with Crippen molar-refractivity contribution in [2.75, 3.05) is 20.3 Å². The van der Waals surface area contributed by atoms with Gasteiger partial charge in [0.1, 0.15) is 18.2 Å². The molecule has 0 spiro atoms. The van der Waals surface area contributed by atoms with Crippen molar-refractivity contribution in [3.63, 3.8) is 0 Å². The van der Waals surface area contributed by atoms with Crippen LogP contribution in [0.4, 0.5) is 0 Å². The largest absolute Gasteiger partial charge is 0.493 e. The van der Waals surface area contributed by atoms with Crippen molar-refractivity contribution in [2.24, 2.45) is 0 Å². The van der Waals surface area contributed by atoms with Gasteiger partial charge in [-0.2, -0.15) is 5.26 Å². The summed E-state index contributed by atoms with van der Waals surface area (Å²) in [5.41, 5.74) is 1.78. The highest BCUT2D eigenvalue weighted by molar-refractivity contribution is 6.01. The number of methoxy groups -OCH3 is 1. The Labute approximate surface area is 193 Å². The SMILES string of the molecule is COc1cc(/C=C(\C#N)C(=O)NC[C@H]2CCCO2)ccc1OCc1cccc2ccccc12. The number of hydrogen-bond acceptors (Lipinski definition) is 5. The second kappa shape index (κ2) is 10.7. The average molecular weight is 443 g/mol. The molecule has 168 valence electrons. The van der Waals surface area contributed by atoms with E-state index in [1.807, 2.05) is 30.3 Å². The van der Waals surface area contributed by atoms with E-state index in [2.05, 4.69) is 23.5 Å². The second-order valence-electron chi connectivity index (χ2n) is 7.85. The van der Waals surface area contributed by atoms with Crippen LogP contribution in [0.25, 0.3) is 16.8 Å². The number of carbonyl (C=O) groups is 1. The molecule has 0 radical (unpaired) electrons. The molecule has 0 saturated carbocycles. The first kappa shape index (κ1) is 22.4. The van der Waals surface area contributed by atoms with Gasteiger partial charge in [0, 0.05) is 13.2 Å². The normalized spacial score (nSPS) is 15.8. The first-order valence-corrected chi connectivity index (χ1v) is 11.0. The summed E-state index contributed by atoms with van der Waals surface area (Å²) in [6.07, 6.45) is 3.48. The summed E-state index contributed by atoms with van der Waals surface area (Å²) in [6.45, 7) is 1.51. The number of benzene rings is 3. The van der Waals surface area contributed by atoms with Crippen molar-refractivity contribution in [1.82, 2.24) is 5.32 Å². The summed E-state index contributed by atoms with van der Waals surface area (Å²) < 4.78 is 17.1. The van der Waals surface area contributed by atoms with Crippen LogP contribution in [-0.4, -0.2) is 32.3 Å². The highest BCUT2D eigenvalue weighted by Gasteiger charge is 2.18. The summed E-state index contributed by atoms with van der Waals surface area (Å²) in [5, 5.41) is 14.5.